The molecule has 1 aliphatic carbocycles. The van der Waals surface area contributed by atoms with E-state index in [-0.39, 0.29) is 0 Å². The largest absolute Gasteiger partial charge is 0.373 e. The number of hydrogen-bond donors (Lipinski definition) is 1. The van der Waals surface area contributed by atoms with Crippen LogP contribution in [0.5, 0.6) is 0 Å². The fourth-order valence-corrected chi connectivity index (χ4v) is 3.97. The van der Waals surface area contributed by atoms with Gasteiger partial charge in [0.2, 0.25) is 0 Å². The van der Waals surface area contributed by atoms with E-state index < -0.39 is 0 Å². The Bertz CT molecular complexity index is 265. The zero-order valence-electron chi connectivity index (χ0n) is 11.2. The van der Waals surface area contributed by atoms with Crippen molar-refractivity contribution in [2.45, 2.75) is 45.3 Å². The Labute approximate surface area is 105 Å². The second-order valence-corrected chi connectivity index (χ2v) is 6.49. The van der Waals surface area contributed by atoms with Crippen molar-refractivity contribution < 1.29 is 4.74 Å². The van der Waals surface area contributed by atoms with Gasteiger partial charge in [-0.15, -0.1) is 0 Å². The van der Waals surface area contributed by atoms with Crippen molar-refractivity contribution in [2.75, 3.05) is 32.7 Å². The normalized spacial score (nSPS) is 41.6. The van der Waals surface area contributed by atoms with Crippen molar-refractivity contribution in [3.05, 3.63) is 0 Å². The van der Waals surface area contributed by atoms with Crippen molar-refractivity contribution in [1.29, 1.82) is 0 Å². The second-order valence-electron chi connectivity index (χ2n) is 6.49. The first kappa shape index (κ1) is 11.9. The van der Waals surface area contributed by atoms with Crippen LogP contribution in [0, 0.1) is 11.3 Å². The lowest BCUT2D eigenvalue weighted by Gasteiger charge is -2.36. The summed E-state index contributed by atoms with van der Waals surface area (Å²) in [4.78, 5) is 2.64. The summed E-state index contributed by atoms with van der Waals surface area (Å²) in [5, 5.41) is 3.49. The van der Waals surface area contributed by atoms with Crippen LogP contribution in [-0.4, -0.2) is 49.8 Å². The van der Waals surface area contributed by atoms with Gasteiger partial charge in [-0.3, -0.25) is 4.90 Å². The maximum Gasteiger partial charge on any atom is 0.0678 e. The van der Waals surface area contributed by atoms with Gasteiger partial charge in [-0.2, -0.15) is 0 Å². The monoisotopic (exact) mass is 238 g/mol. The lowest BCUT2D eigenvalue weighted by Crippen LogP contribution is -2.46. The molecule has 0 amide bonds. The van der Waals surface area contributed by atoms with E-state index in [4.69, 9.17) is 4.74 Å². The molecule has 3 nitrogen and oxygen atoms in total. The van der Waals surface area contributed by atoms with Crippen molar-refractivity contribution in [3.63, 3.8) is 0 Å². The highest BCUT2D eigenvalue weighted by Crippen LogP contribution is 2.58. The third-order valence-electron chi connectivity index (χ3n) is 4.93. The van der Waals surface area contributed by atoms with Crippen LogP contribution in [0.15, 0.2) is 0 Å². The average Bonchev–Trinajstić information content (AvgIpc) is 2.89. The summed E-state index contributed by atoms with van der Waals surface area (Å²) in [6.07, 6.45) is 5.14. The molecule has 1 spiro atoms. The SMILES string of the molecule is CC1CN(CC2CC23CCNCC3)CC(C)O1. The quantitative estimate of drug-likeness (QED) is 0.789. The number of piperidine rings is 1. The summed E-state index contributed by atoms with van der Waals surface area (Å²) in [7, 11) is 0. The minimum atomic E-state index is 0.418. The Morgan fingerprint density at radius 1 is 1.18 bits per heavy atom. The topological polar surface area (TPSA) is 24.5 Å². The molecule has 2 heterocycles. The maximum atomic E-state index is 5.80. The van der Waals surface area contributed by atoms with E-state index in [0.29, 0.717) is 12.2 Å². The van der Waals surface area contributed by atoms with Gasteiger partial charge in [0.1, 0.15) is 0 Å². The Morgan fingerprint density at radius 2 is 1.82 bits per heavy atom. The van der Waals surface area contributed by atoms with E-state index in [0.717, 1.165) is 24.4 Å². The number of hydrogen-bond acceptors (Lipinski definition) is 3. The van der Waals surface area contributed by atoms with Crippen molar-refractivity contribution in [3.8, 4) is 0 Å². The van der Waals surface area contributed by atoms with Gasteiger partial charge in [-0.25, -0.2) is 0 Å². The second kappa shape index (κ2) is 4.52. The number of rotatable bonds is 2. The van der Waals surface area contributed by atoms with E-state index in [1.54, 1.807) is 0 Å². The van der Waals surface area contributed by atoms with E-state index in [1.165, 1.54) is 38.9 Å². The highest BCUT2D eigenvalue weighted by Gasteiger charge is 2.54. The van der Waals surface area contributed by atoms with Crippen LogP contribution in [-0.2, 0) is 4.74 Å². The van der Waals surface area contributed by atoms with E-state index in [9.17, 15) is 0 Å². The molecular weight excluding hydrogens is 212 g/mol. The molecule has 2 saturated heterocycles. The summed E-state index contributed by atoms with van der Waals surface area (Å²) < 4.78 is 5.80. The first-order chi connectivity index (χ1) is 8.18. The standard InChI is InChI=1S/C14H26N2O/c1-11-8-16(9-12(2)17-11)10-13-7-14(13)3-5-15-6-4-14/h11-13,15H,3-10H2,1-2H3. The molecular formula is C14H26N2O. The number of nitrogens with one attached hydrogen (secondary N) is 1. The molecule has 17 heavy (non-hydrogen) atoms. The van der Waals surface area contributed by atoms with Crippen LogP contribution in [0.4, 0.5) is 0 Å². The summed E-state index contributed by atoms with van der Waals surface area (Å²) >= 11 is 0. The van der Waals surface area contributed by atoms with Gasteiger partial charge in [0.15, 0.2) is 0 Å². The fraction of sp³-hybridized carbons (Fsp3) is 1.00. The predicted molar refractivity (Wildman–Crippen MR) is 69.1 cm³/mol. The van der Waals surface area contributed by atoms with Crippen LogP contribution in [0.1, 0.15) is 33.1 Å². The van der Waals surface area contributed by atoms with Crippen molar-refractivity contribution in [2.24, 2.45) is 11.3 Å². The Kier molecular flexibility index (Phi) is 3.18. The maximum absolute atomic E-state index is 5.80. The first-order valence-corrected chi connectivity index (χ1v) is 7.26. The van der Waals surface area contributed by atoms with Gasteiger partial charge in [0.05, 0.1) is 12.2 Å². The molecule has 1 N–H and O–H groups in total. The third-order valence-corrected chi connectivity index (χ3v) is 4.93. The highest BCUT2D eigenvalue weighted by molar-refractivity contribution is 5.05. The fourth-order valence-electron chi connectivity index (χ4n) is 3.97. The Balaban J connectivity index is 1.51. The molecule has 98 valence electrons. The minimum absolute atomic E-state index is 0.418. The van der Waals surface area contributed by atoms with Gasteiger partial charge >= 0.3 is 0 Å². The molecule has 3 rings (SSSR count). The van der Waals surface area contributed by atoms with Crippen LogP contribution in [0.2, 0.25) is 0 Å². The summed E-state index contributed by atoms with van der Waals surface area (Å²) in [5.41, 5.74) is 0.732. The molecule has 3 fully saturated rings. The smallest absolute Gasteiger partial charge is 0.0678 e. The third kappa shape index (κ3) is 2.51. The van der Waals surface area contributed by atoms with Gasteiger partial charge in [-0.05, 0) is 57.5 Å². The molecule has 3 aliphatic rings. The van der Waals surface area contributed by atoms with Gasteiger partial charge in [0.25, 0.3) is 0 Å². The van der Waals surface area contributed by atoms with Crippen LogP contribution in [0.25, 0.3) is 0 Å². The predicted octanol–water partition coefficient (Wildman–Crippen LogP) is 1.49. The highest BCUT2D eigenvalue weighted by atomic mass is 16.5. The minimum Gasteiger partial charge on any atom is -0.373 e. The number of ether oxygens (including phenoxy) is 1. The van der Waals surface area contributed by atoms with E-state index in [1.807, 2.05) is 0 Å². The van der Waals surface area contributed by atoms with Crippen LogP contribution in [0.3, 0.4) is 0 Å². The summed E-state index contributed by atoms with van der Waals surface area (Å²) in [6, 6.07) is 0. The molecule has 0 aromatic heterocycles. The molecule has 1 saturated carbocycles. The van der Waals surface area contributed by atoms with E-state index >= 15 is 0 Å². The molecule has 0 aromatic rings. The Morgan fingerprint density at radius 3 is 2.47 bits per heavy atom. The first-order valence-electron chi connectivity index (χ1n) is 7.26. The van der Waals surface area contributed by atoms with Crippen molar-refractivity contribution >= 4 is 0 Å². The molecule has 3 atom stereocenters. The van der Waals surface area contributed by atoms with Crippen molar-refractivity contribution in [1.82, 2.24) is 10.2 Å². The number of morpholine rings is 1. The average molecular weight is 238 g/mol. The summed E-state index contributed by atoms with van der Waals surface area (Å²) in [5.74, 6) is 0.974. The molecule has 2 aliphatic heterocycles. The zero-order chi connectivity index (χ0) is 11.9. The van der Waals surface area contributed by atoms with Gasteiger partial charge < -0.3 is 10.1 Å². The summed E-state index contributed by atoms with van der Waals surface area (Å²) in [6.45, 7) is 10.5. The lowest BCUT2D eigenvalue weighted by atomic mass is 9.92. The molecule has 3 unspecified atom stereocenters. The Hall–Kier alpha value is -0.120. The molecule has 0 aromatic carbocycles. The van der Waals surface area contributed by atoms with Crippen LogP contribution >= 0.6 is 0 Å². The van der Waals surface area contributed by atoms with E-state index in [2.05, 4.69) is 24.1 Å². The van der Waals surface area contributed by atoms with Crippen LogP contribution < -0.4 is 5.32 Å². The zero-order valence-corrected chi connectivity index (χ0v) is 11.2. The number of nitrogens with zero attached hydrogens (tertiary/aromatic N) is 1. The lowest BCUT2D eigenvalue weighted by molar-refractivity contribution is -0.0699. The molecule has 3 heteroatoms. The molecule has 0 bridgehead atoms. The van der Waals surface area contributed by atoms with Gasteiger partial charge in [-0.1, -0.05) is 0 Å². The molecule has 0 radical (unpaired) electrons. The van der Waals surface area contributed by atoms with Gasteiger partial charge in [0, 0.05) is 19.6 Å².